The lowest BCUT2D eigenvalue weighted by atomic mass is 10.1. The van der Waals surface area contributed by atoms with Crippen molar-refractivity contribution in [2.24, 2.45) is 0 Å². The lowest BCUT2D eigenvalue weighted by Crippen LogP contribution is -2.37. The molecule has 0 bridgehead atoms. The first-order valence-corrected chi connectivity index (χ1v) is 9.46. The largest absolute Gasteiger partial charge is 0.378 e. The van der Waals surface area contributed by atoms with Gasteiger partial charge in [-0.1, -0.05) is 0 Å². The Hall–Kier alpha value is -1.57. The maximum atomic E-state index is 5.48. The van der Waals surface area contributed by atoms with E-state index in [0.29, 0.717) is 0 Å². The number of morpholine rings is 1. The maximum absolute atomic E-state index is 5.48. The first-order chi connectivity index (χ1) is 11.8. The molecule has 0 amide bonds. The van der Waals surface area contributed by atoms with E-state index in [1.807, 2.05) is 0 Å². The zero-order valence-electron chi connectivity index (χ0n) is 14.1. The monoisotopic (exact) mass is 345 g/mol. The number of rotatable bonds is 3. The summed E-state index contributed by atoms with van der Waals surface area (Å²) < 4.78 is 5.48. The Kier molecular flexibility index (Phi) is 4.73. The predicted molar refractivity (Wildman–Crippen MR) is 94.6 cm³/mol. The minimum Gasteiger partial charge on any atom is -0.378 e. The molecule has 2 aliphatic heterocycles. The maximum Gasteiger partial charge on any atom is 0.135 e. The highest BCUT2D eigenvalue weighted by atomic mass is 32.1. The van der Waals surface area contributed by atoms with Crippen molar-refractivity contribution in [3.63, 3.8) is 0 Å². The van der Waals surface area contributed by atoms with Crippen molar-refractivity contribution in [1.29, 1.82) is 0 Å². The fraction of sp³-hybridized carbons (Fsp3) is 0.588. The van der Waals surface area contributed by atoms with Crippen LogP contribution in [-0.4, -0.2) is 59.2 Å². The van der Waals surface area contributed by atoms with Crippen LogP contribution in [0.3, 0.4) is 0 Å². The Balaban J connectivity index is 1.50. The van der Waals surface area contributed by atoms with Crippen molar-refractivity contribution in [3.05, 3.63) is 33.7 Å². The number of fused-ring (bicyclic) bond motifs is 1. The van der Waals surface area contributed by atoms with Crippen LogP contribution in [0.2, 0.25) is 0 Å². The SMILES string of the molecule is Cc1nc(CN2CCc3ncnc(N4CCOCC4)c3CC2)cs1. The number of hydrogen-bond acceptors (Lipinski definition) is 7. The van der Waals surface area contributed by atoms with Crippen LogP contribution in [0.15, 0.2) is 11.7 Å². The summed E-state index contributed by atoms with van der Waals surface area (Å²) in [5.41, 5.74) is 3.72. The van der Waals surface area contributed by atoms with Gasteiger partial charge in [0.05, 0.1) is 29.6 Å². The highest BCUT2D eigenvalue weighted by molar-refractivity contribution is 7.09. The van der Waals surface area contributed by atoms with E-state index in [0.717, 1.165) is 69.6 Å². The van der Waals surface area contributed by atoms with E-state index in [4.69, 9.17) is 4.74 Å². The Labute approximate surface area is 146 Å². The van der Waals surface area contributed by atoms with Gasteiger partial charge >= 0.3 is 0 Å². The fourth-order valence-electron chi connectivity index (χ4n) is 3.47. The van der Waals surface area contributed by atoms with Crippen LogP contribution < -0.4 is 4.90 Å². The quantitative estimate of drug-likeness (QED) is 0.844. The Morgan fingerprint density at radius 1 is 1.12 bits per heavy atom. The first kappa shape index (κ1) is 15.9. The average Bonchev–Trinajstić information content (AvgIpc) is 2.91. The second kappa shape index (κ2) is 7.13. The molecule has 1 fully saturated rings. The Morgan fingerprint density at radius 3 is 2.75 bits per heavy atom. The third-order valence-electron chi connectivity index (χ3n) is 4.72. The van der Waals surface area contributed by atoms with Crippen LogP contribution in [0.5, 0.6) is 0 Å². The average molecular weight is 345 g/mol. The molecule has 0 aliphatic carbocycles. The molecule has 0 N–H and O–H groups in total. The fourth-order valence-corrected chi connectivity index (χ4v) is 4.07. The van der Waals surface area contributed by atoms with Gasteiger partial charge < -0.3 is 9.64 Å². The van der Waals surface area contributed by atoms with Gasteiger partial charge in [0.15, 0.2) is 0 Å². The zero-order valence-corrected chi connectivity index (χ0v) is 14.9. The number of anilines is 1. The summed E-state index contributed by atoms with van der Waals surface area (Å²) in [6.45, 7) is 8.48. The molecule has 2 aliphatic rings. The summed E-state index contributed by atoms with van der Waals surface area (Å²) in [4.78, 5) is 18.6. The second-order valence-corrected chi connectivity index (χ2v) is 7.42. The van der Waals surface area contributed by atoms with Crippen LogP contribution in [0.1, 0.15) is 22.0 Å². The molecule has 7 heteroatoms. The standard InChI is InChI=1S/C17H23N5OS/c1-13-20-14(11-24-13)10-21-4-2-15-16(3-5-21)18-12-19-17(15)22-6-8-23-9-7-22/h11-12H,2-10H2,1H3. The third kappa shape index (κ3) is 3.43. The van der Waals surface area contributed by atoms with Gasteiger partial charge in [0.2, 0.25) is 0 Å². The van der Waals surface area contributed by atoms with Crippen molar-refractivity contribution in [3.8, 4) is 0 Å². The van der Waals surface area contributed by atoms with E-state index >= 15 is 0 Å². The van der Waals surface area contributed by atoms with Gasteiger partial charge in [-0.2, -0.15) is 0 Å². The number of aryl methyl sites for hydroxylation is 1. The molecule has 128 valence electrons. The van der Waals surface area contributed by atoms with E-state index in [2.05, 4.69) is 37.1 Å². The van der Waals surface area contributed by atoms with Crippen LogP contribution >= 0.6 is 11.3 Å². The van der Waals surface area contributed by atoms with Crippen LogP contribution in [0.25, 0.3) is 0 Å². The number of ether oxygens (including phenoxy) is 1. The number of aromatic nitrogens is 3. The van der Waals surface area contributed by atoms with E-state index in [9.17, 15) is 0 Å². The first-order valence-electron chi connectivity index (χ1n) is 8.58. The van der Waals surface area contributed by atoms with E-state index < -0.39 is 0 Å². The van der Waals surface area contributed by atoms with E-state index in [1.165, 1.54) is 17.0 Å². The van der Waals surface area contributed by atoms with Crippen molar-refractivity contribution in [1.82, 2.24) is 19.9 Å². The van der Waals surface area contributed by atoms with Gasteiger partial charge in [-0.15, -0.1) is 11.3 Å². The summed E-state index contributed by atoms with van der Waals surface area (Å²) in [5.74, 6) is 1.12. The van der Waals surface area contributed by atoms with E-state index in [-0.39, 0.29) is 0 Å². The normalized spacial score (nSPS) is 19.1. The van der Waals surface area contributed by atoms with Crippen LogP contribution in [-0.2, 0) is 24.1 Å². The lowest BCUT2D eigenvalue weighted by Gasteiger charge is -2.29. The van der Waals surface area contributed by atoms with Crippen molar-refractivity contribution < 1.29 is 4.74 Å². The van der Waals surface area contributed by atoms with Gasteiger partial charge in [0.1, 0.15) is 12.1 Å². The molecule has 0 unspecified atom stereocenters. The molecule has 0 aromatic carbocycles. The molecule has 1 saturated heterocycles. The van der Waals surface area contributed by atoms with E-state index in [1.54, 1.807) is 17.7 Å². The molecular formula is C17H23N5OS. The molecule has 0 saturated carbocycles. The van der Waals surface area contributed by atoms with Crippen molar-refractivity contribution in [2.75, 3.05) is 44.3 Å². The summed E-state index contributed by atoms with van der Waals surface area (Å²) in [6, 6.07) is 0. The van der Waals surface area contributed by atoms with Crippen molar-refractivity contribution >= 4 is 17.2 Å². The highest BCUT2D eigenvalue weighted by Gasteiger charge is 2.23. The molecule has 4 rings (SSSR count). The third-order valence-corrected chi connectivity index (χ3v) is 5.54. The Morgan fingerprint density at radius 2 is 1.96 bits per heavy atom. The van der Waals surface area contributed by atoms with Gasteiger partial charge in [0, 0.05) is 50.1 Å². The Bertz CT molecular complexity index is 698. The smallest absolute Gasteiger partial charge is 0.135 e. The topological polar surface area (TPSA) is 54.4 Å². The van der Waals surface area contributed by atoms with Gasteiger partial charge in [-0.3, -0.25) is 4.90 Å². The van der Waals surface area contributed by atoms with Crippen LogP contribution in [0, 0.1) is 6.92 Å². The summed E-state index contributed by atoms with van der Waals surface area (Å²) in [7, 11) is 0. The number of hydrogen-bond donors (Lipinski definition) is 0. The lowest BCUT2D eigenvalue weighted by molar-refractivity contribution is 0.122. The zero-order chi connectivity index (χ0) is 16.4. The van der Waals surface area contributed by atoms with Gasteiger partial charge in [-0.05, 0) is 13.3 Å². The van der Waals surface area contributed by atoms with Crippen molar-refractivity contribution in [2.45, 2.75) is 26.3 Å². The molecule has 24 heavy (non-hydrogen) atoms. The van der Waals surface area contributed by atoms with Gasteiger partial charge in [0.25, 0.3) is 0 Å². The number of nitrogens with zero attached hydrogens (tertiary/aromatic N) is 5. The molecule has 4 heterocycles. The molecule has 0 radical (unpaired) electrons. The summed E-state index contributed by atoms with van der Waals surface area (Å²) in [6.07, 6.45) is 3.72. The molecular weight excluding hydrogens is 322 g/mol. The summed E-state index contributed by atoms with van der Waals surface area (Å²) >= 11 is 1.73. The minimum absolute atomic E-state index is 0.786. The predicted octanol–water partition coefficient (Wildman–Crippen LogP) is 1.68. The molecule has 2 aromatic rings. The number of thiazole rings is 1. The molecule has 6 nitrogen and oxygen atoms in total. The molecule has 0 spiro atoms. The highest BCUT2D eigenvalue weighted by Crippen LogP contribution is 2.25. The molecule has 0 atom stereocenters. The van der Waals surface area contributed by atoms with Crippen LogP contribution in [0.4, 0.5) is 5.82 Å². The molecule has 2 aromatic heterocycles. The summed E-state index contributed by atoms with van der Waals surface area (Å²) in [5, 5.41) is 3.32. The minimum atomic E-state index is 0.786. The van der Waals surface area contributed by atoms with Gasteiger partial charge in [-0.25, -0.2) is 15.0 Å². The second-order valence-electron chi connectivity index (χ2n) is 6.36.